The molecule has 6 heteroatoms. The second kappa shape index (κ2) is 9.41. The summed E-state index contributed by atoms with van der Waals surface area (Å²) >= 11 is 0. The summed E-state index contributed by atoms with van der Waals surface area (Å²) in [5.74, 6) is 0.919. The highest BCUT2D eigenvalue weighted by atomic mass is 16.5. The van der Waals surface area contributed by atoms with Gasteiger partial charge in [-0.15, -0.1) is 0 Å². The average molecular weight is 387 g/mol. The lowest BCUT2D eigenvalue weighted by Gasteiger charge is -2.39. The van der Waals surface area contributed by atoms with Gasteiger partial charge >= 0.3 is 5.97 Å². The SMILES string of the molecule is COC(=O)C1CCC(N(C)CC2CCN(c3ccc(C(=N)N)cc3)CC2)CC1. The van der Waals surface area contributed by atoms with Crippen LogP contribution < -0.4 is 10.6 Å². The quantitative estimate of drug-likeness (QED) is 0.446. The number of amidine groups is 1. The van der Waals surface area contributed by atoms with E-state index in [1.165, 1.54) is 25.6 Å². The molecule has 0 atom stereocenters. The highest BCUT2D eigenvalue weighted by molar-refractivity contribution is 5.95. The Balaban J connectivity index is 1.43. The van der Waals surface area contributed by atoms with Gasteiger partial charge in [0, 0.05) is 36.9 Å². The first-order chi connectivity index (χ1) is 13.5. The number of hydrogen-bond acceptors (Lipinski definition) is 5. The molecule has 1 heterocycles. The number of anilines is 1. The Morgan fingerprint density at radius 2 is 1.75 bits per heavy atom. The lowest BCUT2D eigenvalue weighted by atomic mass is 9.85. The first kappa shape index (κ1) is 20.6. The van der Waals surface area contributed by atoms with Crippen molar-refractivity contribution in [2.45, 2.75) is 44.6 Å². The molecule has 28 heavy (non-hydrogen) atoms. The van der Waals surface area contributed by atoms with Crippen molar-refractivity contribution in [3.8, 4) is 0 Å². The van der Waals surface area contributed by atoms with Gasteiger partial charge in [0.25, 0.3) is 0 Å². The van der Waals surface area contributed by atoms with Crippen LogP contribution in [0.1, 0.15) is 44.1 Å². The number of carbonyl (C=O) groups excluding carboxylic acids is 1. The molecular formula is C22H34N4O2. The molecule has 1 aliphatic carbocycles. The summed E-state index contributed by atoms with van der Waals surface area (Å²) in [7, 11) is 3.74. The van der Waals surface area contributed by atoms with Crippen molar-refractivity contribution in [2.24, 2.45) is 17.6 Å². The van der Waals surface area contributed by atoms with Gasteiger partial charge in [-0.2, -0.15) is 0 Å². The fourth-order valence-corrected chi connectivity index (χ4v) is 4.70. The van der Waals surface area contributed by atoms with E-state index in [1.807, 2.05) is 12.1 Å². The Bertz CT molecular complexity index is 660. The number of carbonyl (C=O) groups is 1. The summed E-state index contributed by atoms with van der Waals surface area (Å²) in [5, 5.41) is 7.50. The van der Waals surface area contributed by atoms with Crippen LogP contribution in [0.25, 0.3) is 0 Å². The predicted octanol–water partition coefficient (Wildman–Crippen LogP) is 2.85. The van der Waals surface area contributed by atoms with E-state index in [0.29, 0.717) is 6.04 Å². The molecule has 2 fully saturated rings. The highest BCUT2D eigenvalue weighted by Crippen LogP contribution is 2.30. The summed E-state index contributed by atoms with van der Waals surface area (Å²) in [6.07, 6.45) is 6.51. The Hall–Kier alpha value is -2.08. The average Bonchev–Trinajstić information content (AvgIpc) is 2.74. The van der Waals surface area contributed by atoms with Crippen molar-refractivity contribution in [3.63, 3.8) is 0 Å². The summed E-state index contributed by atoms with van der Waals surface area (Å²) in [6, 6.07) is 8.61. The molecule has 154 valence electrons. The van der Waals surface area contributed by atoms with Crippen molar-refractivity contribution >= 4 is 17.5 Å². The second-order valence-electron chi connectivity index (χ2n) is 8.36. The Kier molecular flexibility index (Phi) is 6.94. The highest BCUT2D eigenvalue weighted by Gasteiger charge is 2.30. The topological polar surface area (TPSA) is 82.7 Å². The zero-order valence-corrected chi connectivity index (χ0v) is 17.2. The Labute approximate surface area is 168 Å². The molecule has 3 N–H and O–H groups in total. The fraction of sp³-hybridized carbons (Fsp3) is 0.636. The fourth-order valence-electron chi connectivity index (χ4n) is 4.70. The van der Waals surface area contributed by atoms with Gasteiger partial charge in [0.05, 0.1) is 13.0 Å². The van der Waals surface area contributed by atoms with E-state index in [9.17, 15) is 4.79 Å². The van der Waals surface area contributed by atoms with Gasteiger partial charge in [0.1, 0.15) is 5.84 Å². The van der Waals surface area contributed by atoms with Crippen molar-refractivity contribution in [1.29, 1.82) is 5.41 Å². The smallest absolute Gasteiger partial charge is 0.308 e. The van der Waals surface area contributed by atoms with E-state index >= 15 is 0 Å². The molecule has 0 radical (unpaired) electrons. The number of nitrogens with one attached hydrogen (secondary N) is 1. The van der Waals surface area contributed by atoms with E-state index in [2.05, 4.69) is 29.0 Å². The molecule has 0 aromatic heterocycles. The summed E-state index contributed by atoms with van der Waals surface area (Å²) < 4.78 is 4.90. The molecule has 1 aliphatic heterocycles. The van der Waals surface area contributed by atoms with E-state index in [0.717, 1.165) is 56.8 Å². The zero-order chi connectivity index (χ0) is 20.1. The first-order valence-corrected chi connectivity index (χ1v) is 10.5. The summed E-state index contributed by atoms with van der Waals surface area (Å²) in [5.41, 5.74) is 7.54. The van der Waals surface area contributed by atoms with Crippen LogP contribution in [-0.4, -0.2) is 56.5 Å². The molecule has 1 saturated carbocycles. The normalized spacial score (nSPS) is 23.6. The lowest BCUT2D eigenvalue weighted by Crippen LogP contribution is -2.42. The van der Waals surface area contributed by atoms with Gasteiger partial charge in [-0.25, -0.2) is 0 Å². The molecule has 0 bridgehead atoms. The maximum atomic E-state index is 11.7. The third kappa shape index (κ3) is 5.04. The van der Waals surface area contributed by atoms with Crippen LogP contribution >= 0.6 is 0 Å². The van der Waals surface area contributed by atoms with Crippen LogP contribution in [0.4, 0.5) is 5.69 Å². The predicted molar refractivity (Wildman–Crippen MR) is 113 cm³/mol. The Morgan fingerprint density at radius 3 is 2.29 bits per heavy atom. The minimum Gasteiger partial charge on any atom is -0.469 e. The van der Waals surface area contributed by atoms with Crippen LogP contribution in [0.3, 0.4) is 0 Å². The van der Waals surface area contributed by atoms with Crippen LogP contribution in [0, 0.1) is 17.2 Å². The number of piperidine rings is 1. The number of hydrogen-bond donors (Lipinski definition) is 2. The molecule has 1 aromatic carbocycles. The lowest BCUT2D eigenvalue weighted by molar-refractivity contribution is -0.146. The monoisotopic (exact) mass is 386 g/mol. The molecular weight excluding hydrogens is 352 g/mol. The van der Waals surface area contributed by atoms with Gasteiger partial charge in [0.2, 0.25) is 0 Å². The second-order valence-corrected chi connectivity index (χ2v) is 8.36. The standard InChI is InChI=1S/C22H34N4O2/c1-25(19-7-5-18(6-8-19)22(27)28-2)15-16-11-13-26(14-12-16)20-9-3-17(4-10-20)21(23)24/h3-4,9-10,16,18-19H,5-8,11-15H2,1-2H3,(H3,23,24). The minimum absolute atomic E-state index is 0.0372. The molecule has 0 unspecified atom stereocenters. The number of nitrogens with zero attached hydrogens (tertiary/aromatic N) is 2. The van der Waals surface area contributed by atoms with Crippen LogP contribution in [0.2, 0.25) is 0 Å². The summed E-state index contributed by atoms with van der Waals surface area (Å²) in [4.78, 5) is 16.7. The molecule has 6 nitrogen and oxygen atoms in total. The third-order valence-electron chi connectivity index (χ3n) is 6.56. The number of esters is 1. The minimum atomic E-state index is -0.0372. The number of methoxy groups -OCH3 is 1. The number of benzene rings is 1. The zero-order valence-electron chi connectivity index (χ0n) is 17.2. The van der Waals surface area contributed by atoms with E-state index in [4.69, 9.17) is 15.9 Å². The molecule has 2 aliphatic rings. The van der Waals surface area contributed by atoms with Crippen molar-refractivity contribution in [3.05, 3.63) is 29.8 Å². The van der Waals surface area contributed by atoms with E-state index in [1.54, 1.807) is 0 Å². The molecule has 1 aromatic rings. The molecule has 3 rings (SSSR count). The van der Waals surface area contributed by atoms with E-state index in [-0.39, 0.29) is 17.7 Å². The van der Waals surface area contributed by atoms with Crippen LogP contribution in [-0.2, 0) is 9.53 Å². The maximum Gasteiger partial charge on any atom is 0.308 e. The number of nitrogen functional groups attached to an aromatic ring is 1. The molecule has 1 saturated heterocycles. The maximum absolute atomic E-state index is 11.7. The van der Waals surface area contributed by atoms with Gasteiger partial charge in [-0.05, 0) is 75.8 Å². The third-order valence-corrected chi connectivity index (χ3v) is 6.56. The van der Waals surface area contributed by atoms with E-state index < -0.39 is 0 Å². The number of ether oxygens (including phenoxy) is 1. The van der Waals surface area contributed by atoms with Gasteiger partial charge in [-0.3, -0.25) is 10.2 Å². The van der Waals surface area contributed by atoms with Gasteiger partial charge < -0.3 is 20.3 Å². The summed E-state index contributed by atoms with van der Waals surface area (Å²) in [6.45, 7) is 3.30. The van der Waals surface area contributed by atoms with Gasteiger partial charge in [-0.1, -0.05) is 0 Å². The van der Waals surface area contributed by atoms with Gasteiger partial charge in [0.15, 0.2) is 0 Å². The van der Waals surface area contributed by atoms with Crippen molar-refractivity contribution in [1.82, 2.24) is 4.90 Å². The van der Waals surface area contributed by atoms with Crippen molar-refractivity contribution in [2.75, 3.05) is 38.7 Å². The largest absolute Gasteiger partial charge is 0.469 e. The van der Waals surface area contributed by atoms with Crippen LogP contribution in [0.15, 0.2) is 24.3 Å². The van der Waals surface area contributed by atoms with Crippen molar-refractivity contribution < 1.29 is 9.53 Å². The molecule has 0 amide bonds. The molecule has 0 spiro atoms. The van der Waals surface area contributed by atoms with Crippen LogP contribution in [0.5, 0.6) is 0 Å². The number of rotatable bonds is 6. The number of nitrogens with two attached hydrogens (primary N) is 1. The first-order valence-electron chi connectivity index (χ1n) is 10.5. The Morgan fingerprint density at radius 1 is 1.14 bits per heavy atom.